The van der Waals surface area contributed by atoms with E-state index in [0.717, 1.165) is 18.3 Å². The number of amides is 1. The first-order chi connectivity index (χ1) is 9.68. The molecule has 0 radical (unpaired) electrons. The summed E-state index contributed by atoms with van der Waals surface area (Å²) < 4.78 is 0. The molecule has 2 saturated carbocycles. The van der Waals surface area contributed by atoms with Gasteiger partial charge in [-0.05, 0) is 49.9 Å². The van der Waals surface area contributed by atoms with Crippen molar-refractivity contribution < 1.29 is 4.79 Å². The second-order valence-electron chi connectivity index (χ2n) is 5.92. The maximum atomic E-state index is 12.2. The second kappa shape index (κ2) is 7.85. The van der Waals surface area contributed by atoms with E-state index in [-0.39, 0.29) is 0 Å². The van der Waals surface area contributed by atoms with Crippen molar-refractivity contribution in [3.63, 3.8) is 0 Å². The highest BCUT2D eigenvalue weighted by Crippen LogP contribution is 2.56. The van der Waals surface area contributed by atoms with Gasteiger partial charge in [-0.3, -0.25) is 4.79 Å². The zero-order chi connectivity index (χ0) is 15.3. The van der Waals surface area contributed by atoms with Crippen LogP contribution in [0.4, 0.5) is 0 Å². The highest BCUT2D eigenvalue weighted by atomic mass is 16.2. The van der Waals surface area contributed by atoms with Crippen LogP contribution in [0.5, 0.6) is 0 Å². The number of fused-ring (bicyclic) bond motifs is 3. The van der Waals surface area contributed by atoms with Crippen molar-refractivity contribution in [2.45, 2.75) is 59.8 Å². The van der Waals surface area contributed by atoms with Crippen molar-refractivity contribution in [1.82, 2.24) is 4.90 Å². The fourth-order valence-corrected chi connectivity index (χ4v) is 4.27. The molecule has 3 aliphatic rings. The summed E-state index contributed by atoms with van der Waals surface area (Å²) in [6.45, 7) is 8.00. The first-order valence-corrected chi connectivity index (χ1v) is 8.59. The Balaban J connectivity index is 0.000000461. The maximum absolute atomic E-state index is 12.2. The van der Waals surface area contributed by atoms with Crippen LogP contribution in [0.3, 0.4) is 0 Å². The molecule has 2 nitrogen and oxygen atoms in total. The molecule has 4 atom stereocenters. The molecule has 3 aliphatic carbocycles. The molecule has 2 heteroatoms. The molecule has 1 amide bonds. The number of hydrogen-bond acceptors (Lipinski definition) is 1. The second-order valence-corrected chi connectivity index (χ2v) is 5.92. The minimum absolute atomic E-state index is 0.300. The fraction of sp³-hybridized carbons (Fsp3) is 0.833. The number of hydrogen-bond donors (Lipinski definition) is 0. The molecule has 0 saturated heterocycles. The van der Waals surface area contributed by atoms with Crippen LogP contribution in [-0.2, 0) is 4.79 Å². The molecular formula is C18H33NO. The van der Waals surface area contributed by atoms with Gasteiger partial charge in [0.1, 0.15) is 0 Å². The average Bonchev–Trinajstić information content (AvgIpc) is 3.13. The predicted molar refractivity (Wildman–Crippen MR) is 86.5 cm³/mol. The molecule has 0 aromatic rings. The summed E-state index contributed by atoms with van der Waals surface area (Å²) in [5.74, 6) is 2.94. The molecule has 0 aromatic heterocycles. The van der Waals surface area contributed by atoms with Gasteiger partial charge in [0.2, 0.25) is 5.91 Å². The Labute approximate surface area is 125 Å². The topological polar surface area (TPSA) is 20.3 Å². The fourth-order valence-electron chi connectivity index (χ4n) is 4.27. The highest BCUT2D eigenvalue weighted by Gasteiger charge is 2.49. The third-order valence-electron chi connectivity index (χ3n) is 4.89. The summed E-state index contributed by atoms with van der Waals surface area (Å²) in [5.41, 5.74) is 1.66. The van der Waals surface area contributed by atoms with Crippen LogP contribution < -0.4 is 0 Å². The summed E-state index contributed by atoms with van der Waals surface area (Å²) in [5, 5.41) is 0. The number of carbonyl (C=O) groups excluding carboxylic acids is 1. The summed E-state index contributed by atoms with van der Waals surface area (Å²) in [4.78, 5) is 14.0. The number of carbonyl (C=O) groups is 1. The smallest absolute Gasteiger partial charge is 0.225 e. The van der Waals surface area contributed by atoms with Gasteiger partial charge in [-0.1, -0.05) is 39.3 Å². The third kappa shape index (κ3) is 3.10. The van der Waals surface area contributed by atoms with Crippen LogP contribution in [0.15, 0.2) is 11.6 Å². The largest absolute Gasteiger partial charge is 0.349 e. The Morgan fingerprint density at radius 2 is 1.75 bits per heavy atom. The summed E-state index contributed by atoms with van der Waals surface area (Å²) in [7, 11) is 3.79. The van der Waals surface area contributed by atoms with E-state index < -0.39 is 0 Å². The molecule has 0 heterocycles. The van der Waals surface area contributed by atoms with Gasteiger partial charge in [-0.15, -0.1) is 0 Å². The van der Waals surface area contributed by atoms with Crippen LogP contribution in [0, 0.1) is 23.7 Å². The van der Waals surface area contributed by atoms with Crippen molar-refractivity contribution in [3.8, 4) is 0 Å². The molecule has 4 unspecified atom stereocenters. The Kier molecular flexibility index (Phi) is 6.78. The minimum atomic E-state index is 0.300. The van der Waals surface area contributed by atoms with E-state index in [0.29, 0.717) is 17.7 Å². The molecule has 0 spiro atoms. The van der Waals surface area contributed by atoms with Gasteiger partial charge in [0.15, 0.2) is 0 Å². The van der Waals surface area contributed by atoms with Crippen LogP contribution >= 0.6 is 0 Å². The van der Waals surface area contributed by atoms with Crippen molar-refractivity contribution in [2.24, 2.45) is 23.7 Å². The van der Waals surface area contributed by atoms with E-state index >= 15 is 0 Å². The van der Waals surface area contributed by atoms with Gasteiger partial charge in [0.25, 0.3) is 0 Å². The van der Waals surface area contributed by atoms with E-state index in [1.165, 1.54) is 25.7 Å². The van der Waals surface area contributed by atoms with E-state index in [1.807, 2.05) is 41.8 Å². The zero-order valence-electron chi connectivity index (χ0n) is 14.3. The average molecular weight is 279 g/mol. The first kappa shape index (κ1) is 17.3. The van der Waals surface area contributed by atoms with Crippen molar-refractivity contribution in [1.29, 1.82) is 0 Å². The highest BCUT2D eigenvalue weighted by molar-refractivity contribution is 5.79. The quantitative estimate of drug-likeness (QED) is 0.647. The summed E-state index contributed by atoms with van der Waals surface area (Å²) in [6, 6.07) is 0. The lowest BCUT2D eigenvalue weighted by Crippen LogP contribution is -2.32. The van der Waals surface area contributed by atoms with Crippen LogP contribution in [0.2, 0.25) is 0 Å². The van der Waals surface area contributed by atoms with Gasteiger partial charge in [0, 0.05) is 20.0 Å². The SMILES string of the molecule is CC.CC.CN(C)C(=O)C1CCC2CC3CCC=C3C21. The van der Waals surface area contributed by atoms with E-state index in [2.05, 4.69) is 6.08 Å². The van der Waals surface area contributed by atoms with E-state index in [4.69, 9.17) is 0 Å². The van der Waals surface area contributed by atoms with E-state index in [9.17, 15) is 4.79 Å². The Morgan fingerprint density at radius 1 is 1.10 bits per heavy atom. The third-order valence-corrected chi connectivity index (χ3v) is 4.89. The van der Waals surface area contributed by atoms with Gasteiger partial charge < -0.3 is 4.90 Å². The molecule has 0 aliphatic heterocycles. The van der Waals surface area contributed by atoms with Crippen molar-refractivity contribution >= 4 is 5.91 Å². The van der Waals surface area contributed by atoms with Gasteiger partial charge in [-0.2, -0.15) is 0 Å². The Morgan fingerprint density at radius 3 is 2.35 bits per heavy atom. The molecule has 3 rings (SSSR count). The normalized spacial score (nSPS) is 33.0. The number of nitrogens with zero attached hydrogens (tertiary/aromatic N) is 1. The summed E-state index contributed by atoms with van der Waals surface area (Å²) >= 11 is 0. The predicted octanol–water partition coefficient (Wildman–Crippen LogP) is 4.51. The zero-order valence-corrected chi connectivity index (χ0v) is 14.3. The van der Waals surface area contributed by atoms with Gasteiger partial charge in [0.05, 0.1) is 0 Å². The minimum Gasteiger partial charge on any atom is -0.349 e. The van der Waals surface area contributed by atoms with Crippen LogP contribution in [-0.4, -0.2) is 24.9 Å². The lowest BCUT2D eigenvalue weighted by molar-refractivity contribution is -0.133. The van der Waals surface area contributed by atoms with Gasteiger partial charge in [-0.25, -0.2) is 0 Å². The van der Waals surface area contributed by atoms with Crippen LogP contribution in [0.25, 0.3) is 0 Å². The lowest BCUT2D eigenvalue weighted by Gasteiger charge is -2.23. The van der Waals surface area contributed by atoms with Crippen molar-refractivity contribution in [2.75, 3.05) is 14.1 Å². The standard InChI is InChI=1S/C14H21NO.2C2H6/c1-15(2)14(16)12-7-6-10-8-9-4-3-5-11(9)13(10)12;2*1-2/h5,9-10,12-13H,3-4,6-8H2,1-2H3;2*1-2H3. The molecule has 2 fully saturated rings. The Hall–Kier alpha value is -0.790. The van der Waals surface area contributed by atoms with E-state index in [1.54, 1.807) is 10.5 Å². The number of allylic oxidation sites excluding steroid dienone is 2. The molecular weight excluding hydrogens is 246 g/mol. The van der Waals surface area contributed by atoms with Crippen LogP contribution in [0.1, 0.15) is 59.8 Å². The molecule has 20 heavy (non-hydrogen) atoms. The lowest BCUT2D eigenvalue weighted by atomic mass is 9.87. The molecule has 0 bridgehead atoms. The monoisotopic (exact) mass is 279 g/mol. The molecule has 0 N–H and O–H groups in total. The van der Waals surface area contributed by atoms with Gasteiger partial charge >= 0.3 is 0 Å². The van der Waals surface area contributed by atoms with Crippen molar-refractivity contribution in [3.05, 3.63) is 11.6 Å². The first-order valence-electron chi connectivity index (χ1n) is 8.59. The molecule has 0 aromatic carbocycles. The maximum Gasteiger partial charge on any atom is 0.225 e. The summed E-state index contributed by atoms with van der Waals surface area (Å²) in [6.07, 6.45) is 8.82. The number of rotatable bonds is 1. The Bertz CT molecular complexity index is 345. The molecule has 116 valence electrons.